The van der Waals surface area contributed by atoms with E-state index in [9.17, 15) is 4.79 Å². The van der Waals surface area contributed by atoms with Gasteiger partial charge in [0.25, 0.3) is 0 Å². The van der Waals surface area contributed by atoms with Gasteiger partial charge >= 0.3 is 0 Å². The second-order valence-electron chi connectivity index (χ2n) is 5.61. The van der Waals surface area contributed by atoms with E-state index in [0.717, 1.165) is 49.7 Å². The molecule has 1 aromatic rings. The van der Waals surface area contributed by atoms with Crippen molar-refractivity contribution in [2.75, 3.05) is 45.9 Å². The summed E-state index contributed by atoms with van der Waals surface area (Å²) < 4.78 is 2.06. The third-order valence-electron chi connectivity index (χ3n) is 4.32. The van der Waals surface area contributed by atoms with E-state index >= 15 is 0 Å². The van der Waals surface area contributed by atoms with Gasteiger partial charge in [0.05, 0.1) is 13.2 Å². The number of ketones is 1. The number of Topliss-reactive ketones (excluding diaryl/α,β-unsaturated/α-hetero) is 1. The Balaban J connectivity index is 1.91. The van der Waals surface area contributed by atoms with Crippen molar-refractivity contribution in [2.24, 2.45) is 7.05 Å². The van der Waals surface area contributed by atoms with Crippen LogP contribution >= 0.6 is 0 Å². The lowest BCUT2D eigenvalue weighted by molar-refractivity contribution is 0.0822. The summed E-state index contributed by atoms with van der Waals surface area (Å²) in [5, 5.41) is 8.93. The third-order valence-corrected chi connectivity index (χ3v) is 4.32. The minimum absolute atomic E-state index is 0.210. The third kappa shape index (κ3) is 3.29. The van der Waals surface area contributed by atoms with Crippen molar-refractivity contribution in [3.8, 4) is 0 Å². The smallest absolute Gasteiger partial charge is 0.178 e. The van der Waals surface area contributed by atoms with E-state index < -0.39 is 0 Å². The van der Waals surface area contributed by atoms with E-state index in [1.54, 1.807) is 0 Å². The number of β-amino-alcohol motifs (C(OH)–C–C–N with tert-alkyl or cyclic N) is 1. The topological polar surface area (TPSA) is 48.7 Å². The van der Waals surface area contributed by atoms with E-state index in [0.29, 0.717) is 6.54 Å². The number of hydrogen-bond donors (Lipinski definition) is 1. The Morgan fingerprint density at radius 1 is 1.20 bits per heavy atom. The molecule has 112 valence electrons. The summed E-state index contributed by atoms with van der Waals surface area (Å²) in [7, 11) is 2.00. The van der Waals surface area contributed by atoms with Crippen LogP contribution in [-0.4, -0.2) is 71.1 Å². The molecule has 0 spiro atoms. The number of aryl methyl sites for hydroxylation is 1. The number of aliphatic hydroxyl groups is 1. The first kappa shape index (κ1) is 15.2. The van der Waals surface area contributed by atoms with Crippen LogP contribution in [0.2, 0.25) is 0 Å². The van der Waals surface area contributed by atoms with Crippen molar-refractivity contribution >= 4 is 5.78 Å². The molecule has 0 atom stereocenters. The van der Waals surface area contributed by atoms with E-state index in [4.69, 9.17) is 5.11 Å². The Kier molecular flexibility index (Phi) is 4.96. The molecule has 1 aliphatic rings. The van der Waals surface area contributed by atoms with Gasteiger partial charge in [-0.25, -0.2) is 0 Å². The first-order chi connectivity index (χ1) is 9.52. The molecule has 0 aromatic carbocycles. The zero-order valence-electron chi connectivity index (χ0n) is 12.7. The quantitative estimate of drug-likeness (QED) is 0.794. The van der Waals surface area contributed by atoms with Gasteiger partial charge in [-0.2, -0.15) is 0 Å². The molecule has 5 nitrogen and oxygen atoms in total. The average molecular weight is 279 g/mol. The van der Waals surface area contributed by atoms with Crippen LogP contribution in [0.15, 0.2) is 6.07 Å². The molecule has 0 radical (unpaired) electrons. The normalized spacial score (nSPS) is 17.6. The molecule has 1 aromatic heterocycles. The summed E-state index contributed by atoms with van der Waals surface area (Å²) >= 11 is 0. The van der Waals surface area contributed by atoms with Gasteiger partial charge in [0.15, 0.2) is 5.78 Å². The van der Waals surface area contributed by atoms with Crippen LogP contribution in [-0.2, 0) is 7.05 Å². The molecule has 5 heteroatoms. The van der Waals surface area contributed by atoms with Gasteiger partial charge < -0.3 is 9.67 Å². The molecular formula is C15H25N3O2. The molecule has 0 saturated carbocycles. The summed E-state index contributed by atoms with van der Waals surface area (Å²) in [6.07, 6.45) is 0. The number of nitrogens with zero attached hydrogens (tertiary/aromatic N) is 3. The van der Waals surface area contributed by atoms with E-state index in [1.165, 1.54) is 0 Å². The lowest BCUT2D eigenvalue weighted by Crippen LogP contribution is -2.48. The molecule has 1 fully saturated rings. The van der Waals surface area contributed by atoms with Crippen LogP contribution in [0.25, 0.3) is 0 Å². The Morgan fingerprint density at radius 3 is 2.30 bits per heavy atom. The van der Waals surface area contributed by atoms with Gasteiger partial charge in [0.1, 0.15) is 0 Å². The summed E-state index contributed by atoms with van der Waals surface area (Å²) in [5.41, 5.74) is 3.02. The van der Waals surface area contributed by atoms with Crippen LogP contribution in [0.1, 0.15) is 21.7 Å². The highest BCUT2D eigenvalue weighted by molar-refractivity contribution is 5.99. The SMILES string of the molecule is Cc1cc(C(=O)CN2CCN(CCO)CC2)c(C)n1C. The predicted molar refractivity (Wildman–Crippen MR) is 79.2 cm³/mol. The van der Waals surface area contributed by atoms with Crippen molar-refractivity contribution in [3.05, 3.63) is 23.0 Å². The maximum absolute atomic E-state index is 12.4. The molecule has 1 aliphatic heterocycles. The zero-order chi connectivity index (χ0) is 14.7. The number of carbonyl (C=O) groups is 1. The second kappa shape index (κ2) is 6.52. The Morgan fingerprint density at radius 2 is 1.80 bits per heavy atom. The van der Waals surface area contributed by atoms with E-state index in [2.05, 4.69) is 14.4 Å². The molecule has 0 bridgehead atoms. The molecule has 2 rings (SSSR count). The fourth-order valence-corrected chi connectivity index (χ4v) is 2.74. The van der Waals surface area contributed by atoms with Crippen molar-refractivity contribution in [3.63, 3.8) is 0 Å². The average Bonchev–Trinajstić information content (AvgIpc) is 2.69. The molecule has 1 saturated heterocycles. The summed E-state index contributed by atoms with van der Waals surface area (Å²) in [6.45, 7) is 9.13. The van der Waals surface area contributed by atoms with Crippen LogP contribution in [0.3, 0.4) is 0 Å². The number of aliphatic hydroxyl groups excluding tert-OH is 1. The van der Waals surface area contributed by atoms with Gasteiger partial charge in [-0.1, -0.05) is 0 Å². The highest BCUT2D eigenvalue weighted by atomic mass is 16.3. The second-order valence-corrected chi connectivity index (χ2v) is 5.61. The standard InChI is InChI=1S/C15H25N3O2/c1-12-10-14(13(2)16(12)3)15(20)11-18-6-4-17(5-7-18)8-9-19/h10,19H,4-9,11H2,1-3H3. The summed E-state index contributed by atoms with van der Waals surface area (Å²) in [4.78, 5) is 16.8. The van der Waals surface area contributed by atoms with Gasteiger partial charge in [-0.05, 0) is 19.9 Å². The molecular weight excluding hydrogens is 254 g/mol. The van der Waals surface area contributed by atoms with Crippen LogP contribution < -0.4 is 0 Å². The minimum atomic E-state index is 0.210. The number of aromatic nitrogens is 1. The molecule has 1 N–H and O–H groups in total. The van der Waals surface area contributed by atoms with E-state index in [-0.39, 0.29) is 12.4 Å². The van der Waals surface area contributed by atoms with Crippen LogP contribution in [0.5, 0.6) is 0 Å². The summed E-state index contributed by atoms with van der Waals surface area (Å²) in [5.74, 6) is 0.210. The number of rotatable bonds is 5. The van der Waals surface area contributed by atoms with Crippen molar-refractivity contribution < 1.29 is 9.90 Å². The monoisotopic (exact) mass is 279 g/mol. The zero-order valence-corrected chi connectivity index (χ0v) is 12.7. The molecule has 0 aliphatic carbocycles. The van der Waals surface area contributed by atoms with Gasteiger partial charge in [0.2, 0.25) is 0 Å². The van der Waals surface area contributed by atoms with Crippen LogP contribution in [0.4, 0.5) is 0 Å². The number of carbonyl (C=O) groups excluding carboxylic acids is 1. The minimum Gasteiger partial charge on any atom is -0.395 e. The fourth-order valence-electron chi connectivity index (χ4n) is 2.74. The first-order valence-electron chi connectivity index (χ1n) is 7.24. The Labute approximate surface area is 120 Å². The van der Waals surface area contributed by atoms with Crippen molar-refractivity contribution in [1.29, 1.82) is 0 Å². The first-order valence-corrected chi connectivity index (χ1v) is 7.24. The molecule has 0 unspecified atom stereocenters. The Bertz CT molecular complexity index is 474. The highest BCUT2D eigenvalue weighted by Crippen LogP contribution is 2.15. The van der Waals surface area contributed by atoms with Gasteiger partial charge in [0, 0.05) is 56.7 Å². The van der Waals surface area contributed by atoms with Gasteiger partial charge in [-0.15, -0.1) is 0 Å². The van der Waals surface area contributed by atoms with E-state index in [1.807, 2.05) is 27.0 Å². The molecule has 0 amide bonds. The highest BCUT2D eigenvalue weighted by Gasteiger charge is 2.21. The Hall–Kier alpha value is -1.17. The van der Waals surface area contributed by atoms with Gasteiger partial charge in [-0.3, -0.25) is 14.6 Å². The fraction of sp³-hybridized carbons (Fsp3) is 0.667. The van der Waals surface area contributed by atoms with Crippen molar-refractivity contribution in [1.82, 2.24) is 14.4 Å². The summed E-state index contributed by atoms with van der Waals surface area (Å²) in [6, 6.07) is 1.99. The number of piperazine rings is 1. The van der Waals surface area contributed by atoms with Crippen molar-refractivity contribution in [2.45, 2.75) is 13.8 Å². The predicted octanol–water partition coefficient (Wildman–Crippen LogP) is 0.435. The molecule has 2 heterocycles. The largest absolute Gasteiger partial charge is 0.395 e. The maximum atomic E-state index is 12.4. The lowest BCUT2D eigenvalue weighted by Gasteiger charge is -2.33. The lowest BCUT2D eigenvalue weighted by atomic mass is 10.1. The maximum Gasteiger partial charge on any atom is 0.178 e. The van der Waals surface area contributed by atoms with Crippen LogP contribution in [0, 0.1) is 13.8 Å². The number of hydrogen-bond acceptors (Lipinski definition) is 4. The molecule has 20 heavy (non-hydrogen) atoms.